The van der Waals surface area contributed by atoms with Crippen molar-refractivity contribution in [1.82, 2.24) is 4.90 Å². The number of likely N-dealkylation sites (tertiary alicyclic amines) is 1. The number of amides is 1. The zero-order chi connectivity index (χ0) is 24.0. The Morgan fingerprint density at radius 1 is 1.06 bits per heavy atom. The normalized spacial score (nSPS) is 23.5. The molecule has 0 aliphatic carbocycles. The Balaban J connectivity index is 2.00. The number of carbonyl (C=O) groups is 3. The lowest BCUT2D eigenvalue weighted by Gasteiger charge is -2.37. The van der Waals surface area contributed by atoms with Crippen LogP contribution in [-0.4, -0.2) is 64.7 Å². The van der Waals surface area contributed by atoms with Crippen molar-refractivity contribution in [2.45, 2.75) is 28.9 Å². The van der Waals surface area contributed by atoms with Crippen molar-refractivity contribution < 1.29 is 37.0 Å². The van der Waals surface area contributed by atoms with Gasteiger partial charge in [-0.05, 0) is 42.3 Å². The lowest BCUT2D eigenvalue weighted by Crippen LogP contribution is -2.61. The molecule has 0 saturated carbocycles. The molecular formula is C22H22N2O8S. The third kappa shape index (κ3) is 3.14. The maximum atomic E-state index is 13.8. The van der Waals surface area contributed by atoms with Gasteiger partial charge in [0.2, 0.25) is 5.54 Å². The standard InChI is InChI=1S/C22H22N2O8S/c1-30-14-9-10-18-16(11-14)17-12-22(13-25,20(26)31-2)23(21(27)32-3)19(17)24(18)33(28,29)15-7-5-4-6-8-15/h4-11,13,17,19H,12H2,1-3H3/t17-,19+,22-/m0/s1. The number of ether oxygens (including phenoxy) is 3. The van der Waals surface area contributed by atoms with Crippen LogP contribution in [0.1, 0.15) is 17.9 Å². The topological polar surface area (TPSA) is 120 Å². The molecule has 1 fully saturated rings. The first kappa shape index (κ1) is 22.6. The molecule has 2 heterocycles. The Bertz CT molecular complexity index is 1220. The highest BCUT2D eigenvalue weighted by Crippen LogP contribution is 2.55. The summed E-state index contributed by atoms with van der Waals surface area (Å²) in [4.78, 5) is 38.9. The van der Waals surface area contributed by atoms with Crippen molar-refractivity contribution in [3.8, 4) is 5.75 Å². The molecule has 2 aliphatic rings. The average Bonchev–Trinajstić information content (AvgIpc) is 3.35. The van der Waals surface area contributed by atoms with Crippen LogP contribution in [0.25, 0.3) is 0 Å². The fraction of sp³-hybridized carbons (Fsp3) is 0.318. The lowest BCUT2D eigenvalue weighted by atomic mass is 9.89. The number of rotatable bonds is 5. The van der Waals surface area contributed by atoms with E-state index in [1.54, 1.807) is 36.4 Å². The van der Waals surface area contributed by atoms with Crippen LogP contribution in [-0.2, 0) is 29.1 Å². The number of anilines is 1. The van der Waals surface area contributed by atoms with Gasteiger partial charge in [-0.15, -0.1) is 0 Å². The Morgan fingerprint density at radius 3 is 2.33 bits per heavy atom. The monoisotopic (exact) mass is 474 g/mol. The van der Waals surface area contributed by atoms with Gasteiger partial charge in [0.1, 0.15) is 11.9 Å². The van der Waals surface area contributed by atoms with E-state index in [0.717, 1.165) is 23.4 Å². The van der Waals surface area contributed by atoms with Crippen molar-refractivity contribution >= 4 is 34.1 Å². The smallest absolute Gasteiger partial charge is 0.412 e. The van der Waals surface area contributed by atoms with Gasteiger partial charge in [-0.25, -0.2) is 22.3 Å². The molecule has 1 saturated heterocycles. The molecule has 0 aromatic heterocycles. The molecule has 2 aromatic rings. The van der Waals surface area contributed by atoms with E-state index >= 15 is 0 Å². The van der Waals surface area contributed by atoms with Crippen LogP contribution >= 0.6 is 0 Å². The van der Waals surface area contributed by atoms with Crippen molar-refractivity contribution in [3.05, 3.63) is 54.1 Å². The van der Waals surface area contributed by atoms with Crippen LogP contribution in [0.3, 0.4) is 0 Å². The Hall–Kier alpha value is -3.60. The number of aldehydes is 1. The van der Waals surface area contributed by atoms with Crippen LogP contribution in [0.2, 0.25) is 0 Å². The molecular weight excluding hydrogens is 452 g/mol. The Morgan fingerprint density at radius 2 is 1.76 bits per heavy atom. The van der Waals surface area contributed by atoms with Gasteiger partial charge in [0.15, 0.2) is 6.29 Å². The minimum absolute atomic E-state index is 0.0149. The van der Waals surface area contributed by atoms with Crippen LogP contribution in [0.4, 0.5) is 10.5 Å². The second-order valence-electron chi connectivity index (χ2n) is 7.64. The number of hydrogen-bond acceptors (Lipinski definition) is 8. The molecule has 0 N–H and O–H groups in total. The molecule has 1 amide bonds. The SMILES string of the molecule is COC(=O)N1[C@H]2[C@@H](C[C@]1(C=O)C(=O)OC)c1cc(OC)ccc1N2S(=O)(=O)c1ccccc1. The summed E-state index contributed by atoms with van der Waals surface area (Å²) in [6.45, 7) is 0. The molecule has 10 nitrogen and oxygen atoms in total. The first-order chi connectivity index (χ1) is 15.8. The number of fused-ring (bicyclic) bond motifs is 3. The van der Waals surface area contributed by atoms with Gasteiger partial charge in [0.05, 0.1) is 31.9 Å². The zero-order valence-corrected chi connectivity index (χ0v) is 18.9. The molecule has 0 radical (unpaired) electrons. The van der Waals surface area contributed by atoms with Gasteiger partial charge in [0.25, 0.3) is 10.0 Å². The summed E-state index contributed by atoms with van der Waals surface area (Å²) in [5, 5.41) is 0. The van der Waals surface area contributed by atoms with Crippen molar-refractivity contribution in [2.75, 3.05) is 25.6 Å². The van der Waals surface area contributed by atoms with Gasteiger partial charge in [0, 0.05) is 5.92 Å². The van der Waals surface area contributed by atoms with E-state index in [1.165, 1.54) is 19.2 Å². The maximum Gasteiger partial charge on any atom is 0.412 e. The van der Waals surface area contributed by atoms with Gasteiger partial charge in [-0.1, -0.05) is 18.2 Å². The Labute approximate surface area is 190 Å². The highest BCUT2D eigenvalue weighted by atomic mass is 32.2. The number of sulfonamides is 1. The van der Waals surface area contributed by atoms with Crippen molar-refractivity contribution in [3.63, 3.8) is 0 Å². The van der Waals surface area contributed by atoms with Gasteiger partial charge in [-0.2, -0.15) is 0 Å². The van der Waals surface area contributed by atoms with E-state index < -0.39 is 39.7 Å². The molecule has 2 aromatic carbocycles. The van der Waals surface area contributed by atoms with Crippen molar-refractivity contribution in [1.29, 1.82) is 0 Å². The first-order valence-corrected chi connectivity index (χ1v) is 11.4. The molecule has 11 heteroatoms. The number of nitrogens with zero attached hydrogens (tertiary/aromatic N) is 2. The van der Waals surface area contributed by atoms with Crippen molar-refractivity contribution in [2.24, 2.45) is 0 Å². The summed E-state index contributed by atoms with van der Waals surface area (Å²) >= 11 is 0. The predicted octanol–water partition coefficient (Wildman–Crippen LogP) is 1.90. The van der Waals surface area contributed by atoms with E-state index in [-0.39, 0.29) is 11.3 Å². The molecule has 174 valence electrons. The largest absolute Gasteiger partial charge is 0.497 e. The molecule has 2 aliphatic heterocycles. The number of hydrogen-bond donors (Lipinski definition) is 0. The second kappa shape index (κ2) is 8.07. The first-order valence-electron chi connectivity index (χ1n) is 9.96. The maximum absolute atomic E-state index is 13.8. The van der Waals surface area contributed by atoms with E-state index in [2.05, 4.69) is 0 Å². The molecule has 0 bridgehead atoms. The zero-order valence-electron chi connectivity index (χ0n) is 18.1. The summed E-state index contributed by atoms with van der Waals surface area (Å²) in [5.74, 6) is -1.26. The van der Waals surface area contributed by atoms with Gasteiger partial charge in [-0.3, -0.25) is 4.90 Å². The van der Waals surface area contributed by atoms with E-state index in [4.69, 9.17) is 14.2 Å². The minimum Gasteiger partial charge on any atom is -0.497 e. The second-order valence-corrected chi connectivity index (χ2v) is 9.45. The molecule has 0 spiro atoms. The minimum atomic E-state index is -4.22. The number of benzene rings is 2. The third-order valence-corrected chi connectivity index (χ3v) is 7.90. The summed E-state index contributed by atoms with van der Waals surface area (Å²) in [7, 11) is -0.575. The third-order valence-electron chi connectivity index (χ3n) is 6.10. The fourth-order valence-corrected chi connectivity index (χ4v) is 6.33. The summed E-state index contributed by atoms with van der Waals surface area (Å²) in [6, 6.07) is 12.5. The molecule has 4 rings (SSSR count). The molecule has 3 atom stereocenters. The van der Waals surface area contributed by atoms with Crippen LogP contribution < -0.4 is 9.04 Å². The van der Waals surface area contributed by atoms with E-state index in [1.807, 2.05) is 0 Å². The predicted molar refractivity (Wildman–Crippen MR) is 115 cm³/mol. The molecule has 0 unspecified atom stereocenters. The van der Waals surface area contributed by atoms with Crippen LogP contribution in [0, 0.1) is 0 Å². The number of esters is 1. The fourth-order valence-electron chi connectivity index (χ4n) is 4.65. The van der Waals surface area contributed by atoms with Crippen LogP contribution in [0.15, 0.2) is 53.4 Å². The number of carbonyl (C=O) groups excluding carboxylic acids is 3. The Kier molecular flexibility index (Phi) is 5.52. The molecule has 33 heavy (non-hydrogen) atoms. The highest BCUT2D eigenvalue weighted by molar-refractivity contribution is 7.92. The van der Waals surface area contributed by atoms with E-state index in [9.17, 15) is 22.8 Å². The van der Waals surface area contributed by atoms with Crippen LogP contribution in [0.5, 0.6) is 5.75 Å². The lowest BCUT2D eigenvalue weighted by molar-refractivity contribution is -0.155. The van der Waals surface area contributed by atoms with Gasteiger partial charge < -0.3 is 19.0 Å². The summed E-state index contributed by atoms with van der Waals surface area (Å²) in [6.07, 6.45) is -2.16. The summed E-state index contributed by atoms with van der Waals surface area (Å²) in [5.41, 5.74) is -1.24. The van der Waals surface area contributed by atoms with E-state index in [0.29, 0.717) is 23.3 Å². The average molecular weight is 474 g/mol. The number of methoxy groups -OCH3 is 3. The summed E-state index contributed by atoms with van der Waals surface area (Å²) < 4.78 is 43.7. The quantitative estimate of drug-likeness (QED) is 0.366. The highest BCUT2D eigenvalue weighted by Gasteiger charge is 2.66. The van der Waals surface area contributed by atoms with Gasteiger partial charge >= 0.3 is 12.1 Å².